The molecule has 1 nitrogen and oxygen atoms in total. The van der Waals surface area contributed by atoms with E-state index in [1.165, 1.54) is 12.8 Å². The Morgan fingerprint density at radius 2 is 1.80 bits per heavy atom. The highest BCUT2D eigenvalue weighted by molar-refractivity contribution is 6.91. The summed E-state index contributed by atoms with van der Waals surface area (Å²) in [6.45, 7) is 12.7. The minimum absolute atomic E-state index is 0.890. The summed E-state index contributed by atoms with van der Waals surface area (Å²) < 4.78 is 6.04. The van der Waals surface area contributed by atoms with E-state index in [0.29, 0.717) is 0 Å². The molecule has 3 heteroatoms. The van der Waals surface area contributed by atoms with Gasteiger partial charge < -0.3 is 4.43 Å². The Morgan fingerprint density at radius 1 is 1.05 bits per heavy atom. The second-order valence-electron chi connectivity index (χ2n) is 7.27. The van der Waals surface area contributed by atoms with Crippen LogP contribution in [-0.2, 0) is 4.43 Å². The molecule has 0 heterocycles. The molecule has 0 amide bonds. The molecule has 2 rings (SSSR count). The van der Waals surface area contributed by atoms with Crippen LogP contribution in [0.3, 0.4) is 0 Å². The number of allylic oxidation sites excluding steroid dienone is 7. The maximum absolute atomic E-state index is 6.04. The zero-order valence-electron chi connectivity index (χ0n) is 13.6. The van der Waals surface area contributed by atoms with E-state index in [-0.39, 0.29) is 0 Å². The molecule has 0 saturated carbocycles. The maximum Gasteiger partial charge on any atom is 0.183 e. The van der Waals surface area contributed by atoms with E-state index < -0.39 is 16.4 Å². The van der Waals surface area contributed by atoms with E-state index in [1.807, 2.05) is 0 Å². The van der Waals surface area contributed by atoms with Crippen molar-refractivity contribution in [1.82, 2.24) is 0 Å². The monoisotopic (exact) mass is 304 g/mol. The van der Waals surface area contributed by atoms with Gasteiger partial charge in [-0.15, -0.1) is 0 Å². The van der Waals surface area contributed by atoms with Crippen LogP contribution in [0, 0.1) is 0 Å². The van der Waals surface area contributed by atoms with Gasteiger partial charge in [0, 0.05) is 6.61 Å². The first-order chi connectivity index (χ1) is 9.31. The van der Waals surface area contributed by atoms with Gasteiger partial charge in [0.05, 0.1) is 0 Å². The van der Waals surface area contributed by atoms with Crippen molar-refractivity contribution in [2.75, 3.05) is 6.61 Å². The Morgan fingerprint density at radius 3 is 2.40 bits per heavy atom. The van der Waals surface area contributed by atoms with Crippen LogP contribution in [0.1, 0.15) is 19.3 Å². The summed E-state index contributed by atoms with van der Waals surface area (Å²) >= 11 is 0. The van der Waals surface area contributed by atoms with Crippen molar-refractivity contribution in [3.8, 4) is 0 Å². The predicted molar refractivity (Wildman–Crippen MR) is 94.0 cm³/mol. The molecule has 0 saturated heterocycles. The molecule has 20 heavy (non-hydrogen) atoms. The highest BCUT2D eigenvalue weighted by Crippen LogP contribution is 2.36. The minimum atomic E-state index is -1.42. The van der Waals surface area contributed by atoms with Crippen LogP contribution in [0.5, 0.6) is 0 Å². The second-order valence-corrected chi connectivity index (χ2v) is 16.3. The average Bonchev–Trinajstić information content (AvgIpc) is 2.98. The molecule has 0 atom stereocenters. The summed E-state index contributed by atoms with van der Waals surface area (Å²) in [6.07, 6.45) is 15.0. The van der Waals surface area contributed by atoms with Gasteiger partial charge >= 0.3 is 0 Å². The summed E-state index contributed by atoms with van der Waals surface area (Å²) in [5, 5.41) is 3.41. The SMILES string of the molecule is C[Si](C)(C)OCCC1=C([Si](C)(C)C2=CC=CC2)CC=C1. The van der Waals surface area contributed by atoms with Gasteiger partial charge in [-0.05, 0) is 38.9 Å². The summed E-state index contributed by atoms with van der Waals surface area (Å²) in [7, 11) is -2.80. The molecular formula is C17H28OSi2. The molecule has 0 aromatic heterocycles. The van der Waals surface area contributed by atoms with Crippen molar-refractivity contribution in [2.45, 2.75) is 52.0 Å². The topological polar surface area (TPSA) is 9.23 Å². The highest BCUT2D eigenvalue weighted by atomic mass is 28.4. The first-order valence-corrected chi connectivity index (χ1v) is 14.1. The van der Waals surface area contributed by atoms with Crippen LogP contribution >= 0.6 is 0 Å². The van der Waals surface area contributed by atoms with Crippen molar-refractivity contribution in [1.29, 1.82) is 0 Å². The normalized spacial score (nSPS) is 19.1. The Hall–Kier alpha value is -0.646. The van der Waals surface area contributed by atoms with E-state index in [9.17, 15) is 0 Å². The fraction of sp³-hybridized carbons (Fsp3) is 0.529. The lowest BCUT2D eigenvalue weighted by molar-refractivity contribution is 0.316. The second kappa shape index (κ2) is 6.00. The van der Waals surface area contributed by atoms with Gasteiger partial charge in [0.1, 0.15) is 8.07 Å². The molecule has 0 aromatic carbocycles. The molecule has 0 aromatic rings. The number of rotatable bonds is 6. The molecule has 0 aliphatic heterocycles. The third-order valence-corrected chi connectivity index (χ3v) is 9.34. The van der Waals surface area contributed by atoms with Crippen molar-refractivity contribution in [3.63, 3.8) is 0 Å². The highest BCUT2D eigenvalue weighted by Gasteiger charge is 2.33. The van der Waals surface area contributed by atoms with Gasteiger partial charge in [-0.1, -0.05) is 59.4 Å². The molecule has 110 valence electrons. The molecule has 0 fully saturated rings. The standard InChI is InChI=1S/C17H28OSi2/c1-19(2,3)18-14-13-15-9-8-12-17(15)20(4,5)16-10-6-7-11-16/h6-10H,11-14H2,1-5H3. The molecule has 0 bridgehead atoms. The first kappa shape index (κ1) is 15.7. The lowest BCUT2D eigenvalue weighted by Crippen LogP contribution is -2.32. The van der Waals surface area contributed by atoms with Crippen LogP contribution < -0.4 is 0 Å². The zero-order chi connectivity index (χ0) is 14.8. The number of hydrogen-bond acceptors (Lipinski definition) is 1. The maximum atomic E-state index is 6.04. The van der Waals surface area contributed by atoms with E-state index in [1.54, 1.807) is 16.0 Å². The van der Waals surface area contributed by atoms with Gasteiger partial charge in [-0.2, -0.15) is 0 Å². The summed E-state index contributed by atoms with van der Waals surface area (Å²) in [6, 6.07) is 0. The first-order valence-electron chi connectivity index (χ1n) is 7.70. The van der Waals surface area contributed by atoms with Gasteiger partial charge in [0.25, 0.3) is 0 Å². The van der Waals surface area contributed by atoms with Crippen LogP contribution in [0.15, 0.2) is 46.3 Å². The lowest BCUT2D eigenvalue weighted by Gasteiger charge is -2.28. The Kier molecular flexibility index (Phi) is 4.72. The van der Waals surface area contributed by atoms with E-state index in [2.05, 4.69) is 63.1 Å². The Labute approximate surface area is 126 Å². The van der Waals surface area contributed by atoms with Gasteiger partial charge in [-0.3, -0.25) is 0 Å². The van der Waals surface area contributed by atoms with Gasteiger partial charge in [0.15, 0.2) is 8.32 Å². The average molecular weight is 305 g/mol. The van der Waals surface area contributed by atoms with Crippen LogP contribution in [0.2, 0.25) is 32.7 Å². The van der Waals surface area contributed by atoms with Crippen LogP contribution in [0.25, 0.3) is 0 Å². The van der Waals surface area contributed by atoms with E-state index in [4.69, 9.17) is 4.43 Å². The summed E-state index contributed by atoms with van der Waals surface area (Å²) in [5.74, 6) is 0. The third kappa shape index (κ3) is 3.71. The molecule has 2 aliphatic rings. The predicted octanol–water partition coefficient (Wildman–Crippen LogP) is 5.16. The van der Waals surface area contributed by atoms with Crippen molar-refractivity contribution in [3.05, 3.63) is 46.3 Å². The molecule has 2 aliphatic carbocycles. The molecule has 0 spiro atoms. The van der Waals surface area contributed by atoms with Crippen molar-refractivity contribution < 1.29 is 4.43 Å². The fourth-order valence-corrected chi connectivity index (χ4v) is 6.90. The summed E-state index contributed by atoms with van der Waals surface area (Å²) in [4.78, 5) is 0. The third-order valence-electron chi connectivity index (χ3n) is 4.26. The molecule has 0 N–H and O–H groups in total. The number of hydrogen-bond donors (Lipinski definition) is 0. The van der Waals surface area contributed by atoms with E-state index >= 15 is 0 Å². The van der Waals surface area contributed by atoms with Gasteiger partial charge in [0.2, 0.25) is 0 Å². The van der Waals surface area contributed by atoms with Crippen LogP contribution in [0.4, 0.5) is 0 Å². The van der Waals surface area contributed by atoms with E-state index in [0.717, 1.165) is 13.0 Å². The summed E-state index contributed by atoms with van der Waals surface area (Å²) in [5.41, 5.74) is 1.56. The molecule has 0 unspecified atom stereocenters. The smallest absolute Gasteiger partial charge is 0.183 e. The fourth-order valence-electron chi connectivity index (χ4n) is 3.01. The van der Waals surface area contributed by atoms with Crippen molar-refractivity contribution >= 4 is 16.4 Å². The van der Waals surface area contributed by atoms with Crippen molar-refractivity contribution in [2.24, 2.45) is 0 Å². The molecule has 0 radical (unpaired) electrons. The Balaban J connectivity index is 2.07. The lowest BCUT2D eigenvalue weighted by atomic mass is 10.2. The van der Waals surface area contributed by atoms with Gasteiger partial charge in [-0.25, -0.2) is 0 Å². The quantitative estimate of drug-likeness (QED) is 0.616. The Bertz CT molecular complexity index is 488. The van der Waals surface area contributed by atoms with Crippen LogP contribution in [-0.4, -0.2) is 23.0 Å². The minimum Gasteiger partial charge on any atom is -0.417 e. The largest absolute Gasteiger partial charge is 0.417 e. The zero-order valence-corrected chi connectivity index (χ0v) is 15.6. The molecular weight excluding hydrogens is 276 g/mol.